The summed E-state index contributed by atoms with van der Waals surface area (Å²) in [6.07, 6.45) is 4.19. The quantitative estimate of drug-likeness (QED) is 0.719. The van der Waals surface area contributed by atoms with Crippen LogP contribution in [0.5, 0.6) is 5.75 Å². The van der Waals surface area contributed by atoms with Crippen molar-refractivity contribution in [1.82, 2.24) is 4.90 Å². The lowest BCUT2D eigenvalue weighted by molar-refractivity contribution is -0.0498. The molecule has 0 spiro atoms. The highest BCUT2D eigenvalue weighted by molar-refractivity contribution is 5.94. The fraction of sp³-hybridized carbons (Fsp3) is 0.588. The van der Waals surface area contributed by atoms with E-state index in [9.17, 15) is 13.6 Å². The predicted octanol–water partition coefficient (Wildman–Crippen LogP) is 3.57. The summed E-state index contributed by atoms with van der Waals surface area (Å²) in [5.74, 6) is 0.516. The molecule has 0 unspecified atom stereocenters. The van der Waals surface area contributed by atoms with Crippen LogP contribution in [0.2, 0.25) is 0 Å². The molecule has 4 nitrogen and oxygen atoms in total. The Morgan fingerprint density at radius 2 is 2.09 bits per heavy atom. The Bertz CT molecular complexity index is 493. The fourth-order valence-electron chi connectivity index (χ4n) is 2.96. The van der Waals surface area contributed by atoms with E-state index in [0.717, 1.165) is 45.4 Å². The van der Waals surface area contributed by atoms with Gasteiger partial charge < -0.3 is 14.4 Å². The van der Waals surface area contributed by atoms with Crippen LogP contribution in [0.4, 0.5) is 8.78 Å². The summed E-state index contributed by atoms with van der Waals surface area (Å²) in [7, 11) is 1.69. The maximum atomic E-state index is 12.5. The summed E-state index contributed by atoms with van der Waals surface area (Å²) >= 11 is 0. The number of carbonyl (C=O) groups excluding carboxylic acids is 1. The van der Waals surface area contributed by atoms with Gasteiger partial charge in [0.2, 0.25) is 0 Å². The van der Waals surface area contributed by atoms with E-state index in [1.54, 1.807) is 7.11 Å². The second kappa shape index (κ2) is 8.82. The SMILES string of the molecule is COCCC[C@@H]1CCCN(C(=O)c2ccc(OC(F)F)cc2)C1. The van der Waals surface area contributed by atoms with Crippen molar-refractivity contribution >= 4 is 5.91 Å². The van der Waals surface area contributed by atoms with Crippen molar-refractivity contribution in [3.63, 3.8) is 0 Å². The molecular formula is C17H23F2NO3. The minimum atomic E-state index is -2.86. The lowest BCUT2D eigenvalue weighted by Crippen LogP contribution is -2.40. The Kier molecular flexibility index (Phi) is 6.77. The zero-order chi connectivity index (χ0) is 16.7. The molecule has 1 aromatic rings. The first-order chi connectivity index (χ1) is 11.1. The number of benzene rings is 1. The van der Waals surface area contributed by atoms with E-state index in [-0.39, 0.29) is 11.7 Å². The summed E-state index contributed by atoms with van der Waals surface area (Å²) in [4.78, 5) is 14.4. The molecule has 1 saturated heterocycles. The molecule has 23 heavy (non-hydrogen) atoms. The van der Waals surface area contributed by atoms with Crippen LogP contribution in [0, 0.1) is 5.92 Å². The van der Waals surface area contributed by atoms with E-state index in [1.165, 1.54) is 24.3 Å². The van der Waals surface area contributed by atoms with Gasteiger partial charge in [-0.25, -0.2) is 0 Å². The molecule has 6 heteroatoms. The molecule has 0 aliphatic carbocycles. The summed E-state index contributed by atoms with van der Waals surface area (Å²) in [6.45, 7) is -0.616. The van der Waals surface area contributed by atoms with E-state index in [4.69, 9.17) is 4.74 Å². The molecule has 0 aromatic heterocycles. The second-order valence-corrected chi connectivity index (χ2v) is 5.80. The normalized spacial score (nSPS) is 18.3. The van der Waals surface area contributed by atoms with Gasteiger partial charge in [-0.3, -0.25) is 4.79 Å². The van der Waals surface area contributed by atoms with Crippen LogP contribution in [0.1, 0.15) is 36.0 Å². The largest absolute Gasteiger partial charge is 0.435 e. The van der Waals surface area contributed by atoms with Gasteiger partial charge in [0, 0.05) is 32.4 Å². The maximum absolute atomic E-state index is 12.5. The molecule has 1 heterocycles. The van der Waals surface area contributed by atoms with Crippen molar-refractivity contribution in [2.24, 2.45) is 5.92 Å². The van der Waals surface area contributed by atoms with Crippen molar-refractivity contribution < 1.29 is 23.0 Å². The molecular weight excluding hydrogens is 304 g/mol. The highest BCUT2D eigenvalue weighted by Crippen LogP contribution is 2.23. The highest BCUT2D eigenvalue weighted by Gasteiger charge is 2.24. The number of likely N-dealkylation sites (tertiary alicyclic amines) is 1. The first-order valence-electron chi connectivity index (χ1n) is 7.93. The smallest absolute Gasteiger partial charge is 0.387 e. The number of ether oxygens (including phenoxy) is 2. The molecule has 2 rings (SSSR count). The van der Waals surface area contributed by atoms with Gasteiger partial charge in [0.15, 0.2) is 0 Å². The number of carbonyl (C=O) groups is 1. The Balaban J connectivity index is 1.91. The van der Waals surface area contributed by atoms with E-state index in [1.807, 2.05) is 4.90 Å². The van der Waals surface area contributed by atoms with E-state index >= 15 is 0 Å². The molecule has 0 radical (unpaired) electrons. The molecule has 0 N–H and O–H groups in total. The number of piperidine rings is 1. The van der Waals surface area contributed by atoms with Crippen LogP contribution in [0.15, 0.2) is 24.3 Å². The van der Waals surface area contributed by atoms with Crippen molar-refractivity contribution in [2.75, 3.05) is 26.8 Å². The van der Waals surface area contributed by atoms with E-state index < -0.39 is 6.61 Å². The molecule has 1 aliphatic rings. The minimum Gasteiger partial charge on any atom is -0.435 e. The zero-order valence-electron chi connectivity index (χ0n) is 13.3. The van der Waals surface area contributed by atoms with E-state index in [2.05, 4.69) is 4.74 Å². The number of nitrogens with zero attached hydrogens (tertiary/aromatic N) is 1. The van der Waals surface area contributed by atoms with Gasteiger partial charge in [-0.15, -0.1) is 0 Å². The second-order valence-electron chi connectivity index (χ2n) is 5.80. The summed E-state index contributed by atoms with van der Waals surface area (Å²) in [6, 6.07) is 5.88. The third-order valence-electron chi connectivity index (χ3n) is 4.09. The van der Waals surface area contributed by atoms with Gasteiger partial charge >= 0.3 is 6.61 Å². The monoisotopic (exact) mass is 327 g/mol. The highest BCUT2D eigenvalue weighted by atomic mass is 19.3. The molecule has 128 valence electrons. The van der Waals surface area contributed by atoms with E-state index in [0.29, 0.717) is 11.5 Å². The van der Waals surface area contributed by atoms with Crippen LogP contribution < -0.4 is 4.74 Å². The molecule has 0 saturated carbocycles. The number of methoxy groups -OCH3 is 1. The third kappa shape index (κ3) is 5.46. The molecule has 1 amide bonds. The zero-order valence-corrected chi connectivity index (χ0v) is 13.3. The van der Waals surface area contributed by atoms with Gasteiger partial charge in [0.05, 0.1) is 0 Å². The number of hydrogen-bond acceptors (Lipinski definition) is 3. The van der Waals surface area contributed by atoms with Gasteiger partial charge in [-0.1, -0.05) is 0 Å². The van der Waals surface area contributed by atoms with Crippen molar-refractivity contribution in [3.05, 3.63) is 29.8 Å². The number of amides is 1. The lowest BCUT2D eigenvalue weighted by Gasteiger charge is -2.33. The van der Waals surface area contributed by atoms with Crippen molar-refractivity contribution in [3.8, 4) is 5.75 Å². The topological polar surface area (TPSA) is 38.8 Å². The first kappa shape index (κ1) is 17.7. The van der Waals surface area contributed by atoms with Gasteiger partial charge in [-0.2, -0.15) is 8.78 Å². The first-order valence-corrected chi connectivity index (χ1v) is 7.93. The van der Waals surface area contributed by atoms with Gasteiger partial charge in [-0.05, 0) is 55.9 Å². The standard InChI is InChI=1S/C17H23F2NO3/c1-22-11-3-5-13-4-2-10-20(12-13)16(21)14-6-8-15(9-7-14)23-17(18)19/h6-9,13,17H,2-5,10-12H2,1H3/t13-/m0/s1. The maximum Gasteiger partial charge on any atom is 0.387 e. The Morgan fingerprint density at radius 1 is 1.35 bits per heavy atom. The minimum absolute atomic E-state index is 0.0509. The molecule has 1 aromatic carbocycles. The lowest BCUT2D eigenvalue weighted by atomic mass is 9.93. The van der Waals surface area contributed by atoms with Crippen LogP contribution >= 0.6 is 0 Å². The molecule has 0 bridgehead atoms. The Morgan fingerprint density at radius 3 is 2.74 bits per heavy atom. The Labute approximate surface area is 135 Å². The predicted molar refractivity (Wildman–Crippen MR) is 82.8 cm³/mol. The summed E-state index contributed by atoms with van der Waals surface area (Å²) < 4.78 is 33.6. The van der Waals surface area contributed by atoms with Crippen LogP contribution in [0.25, 0.3) is 0 Å². The van der Waals surface area contributed by atoms with Crippen molar-refractivity contribution in [2.45, 2.75) is 32.3 Å². The Hall–Kier alpha value is -1.69. The molecule has 1 atom stereocenters. The van der Waals surface area contributed by atoms with Crippen LogP contribution in [-0.4, -0.2) is 44.2 Å². The number of hydrogen-bond donors (Lipinski definition) is 0. The molecule has 1 aliphatic heterocycles. The number of halogens is 2. The summed E-state index contributed by atoms with van der Waals surface area (Å²) in [5.41, 5.74) is 0.504. The van der Waals surface area contributed by atoms with Gasteiger partial charge in [0.1, 0.15) is 5.75 Å². The number of alkyl halides is 2. The fourth-order valence-corrected chi connectivity index (χ4v) is 2.96. The van der Waals surface area contributed by atoms with Crippen LogP contribution in [0.3, 0.4) is 0 Å². The van der Waals surface area contributed by atoms with Gasteiger partial charge in [0.25, 0.3) is 5.91 Å². The summed E-state index contributed by atoms with van der Waals surface area (Å²) in [5, 5.41) is 0. The third-order valence-corrected chi connectivity index (χ3v) is 4.09. The average molecular weight is 327 g/mol. The van der Waals surface area contributed by atoms with Crippen molar-refractivity contribution in [1.29, 1.82) is 0 Å². The average Bonchev–Trinajstić information content (AvgIpc) is 2.55. The molecule has 1 fully saturated rings. The number of rotatable bonds is 7. The van der Waals surface area contributed by atoms with Crippen LogP contribution in [-0.2, 0) is 4.74 Å².